The molecule has 1 aliphatic rings. The number of anilines is 2. The van der Waals surface area contributed by atoms with Crippen LogP contribution in [0.2, 0.25) is 10.0 Å². The second-order valence-electron chi connectivity index (χ2n) is 8.93. The van der Waals surface area contributed by atoms with Gasteiger partial charge in [-0.3, -0.25) is 4.79 Å². The van der Waals surface area contributed by atoms with Crippen molar-refractivity contribution in [3.8, 4) is 0 Å². The van der Waals surface area contributed by atoms with E-state index in [9.17, 15) is 19.5 Å². The highest BCUT2D eigenvalue weighted by atomic mass is 35.5. The topological polar surface area (TPSA) is 118 Å². The Labute approximate surface area is 210 Å². The fourth-order valence-electron chi connectivity index (χ4n) is 3.68. The molecule has 0 saturated carbocycles. The lowest BCUT2D eigenvalue weighted by Crippen LogP contribution is -2.45. The number of benzene rings is 2. The lowest BCUT2D eigenvalue weighted by molar-refractivity contribution is -0.115. The van der Waals surface area contributed by atoms with Crippen molar-refractivity contribution < 1.29 is 24.2 Å². The summed E-state index contributed by atoms with van der Waals surface area (Å²) in [5.74, 6) is -1.76. The molecular weight excluding hydrogens is 495 g/mol. The Balaban J connectivity index is 1.86. The molecule has 1 aliphatic heterocycles. The van der Waals surface area contributed by atoms with Crippen LogP contribution < -0.4 is 10.7 Å². The number of aromatic nitrogens is 1. The quantitative estimate of drug-likeness (QED) is 0.361. The number of carbonyl (C=O) groups is 3. The average Bonchev–Trinajstić information content (AvgIpc) is 3.27. The van der Waals surface area contributed by atoms with E-state index < -0.39 is 23.6 Å². The van der Waals surface area contributed by atoms with Crippen LogP contribution in [0.15, 0.2) is 48.0 Å². The van der Waals surface area contributed by atoms with E-state index in [0.717, 1.165) is 5.01 Å². The smallest absolute Gasteiger partial charge is 0.430 e. The third kappa shape index (κ3) is 4.78. The van der Waals surface area contributed by atoms with E-state index in [1.165, 1.54) is 27.9 Å². The summed E-state index contributed by atoms with van der Waals surface area (Å²) in [6.45, 7) is 4.98. The molecule has 2 aromatic carbocycles. The number of carbonyl (C=O) groups excluding carboxylic acids is 2. The number of nitrogen functional groups attached to an aromatic ring is 1. The molecule has 182 valence electrons. The van der Waals surface area contributed by atoms with Gasteiger partial charge in [0.25, 0.3) is 5.91 Å². The molecule has 3 aromatic rings. The van der Waals surface area contributed by atoms with Crippen LogP contribution in [0.4, 0.5) is 16.2 Å². The minimum Gasteiger partial charge on any atom is -0.477 e. The van der Waals surface area contributed by atoms with E-state index in [2.05, 4.69) is 0 Å². The second-order valence-corrected chi connectivity index (χ2v) is 9.77. The predicted molar refractivity (Wildman–Crippen MR) is 134 cm³/mol. The van der Waals surface area contributed by atoms with Gasteiger partial charge in [-0.2, -0.15) is 0 Å². The maximum absolute atomic E-state index is 13.5. The second kappa shape index (κ2) is 8.83. The first-order valence-electron chi connectivity index (χ1n) is 10.5. The van der Waals surface area contributed by atoms with Gasteiger partial charge in [0.15, 0.2) is 0 Å². The first-order valence-corrected chi connectivity index (χ1v) is 11.3. The maximum Gasteiger partial charge on any atom is 0.430 e. The summed E-state index contributed by atoms with van der Waals surface area (Å²) < 4.78 is 6.82. The van der Waals surface area contributed by atoms with Crippen molar-refractivity contribution in [1.29, 1.82) is 0 Å². The van der Waals surface area contributed by atoms with Crippen LogP contribution >= 0.6 is 23.2 Å². The van der Waals surface area contributed by atoms with E-state index in [0.29, 0.717) is 27.3 Å². The fourth-order valence-corrected chi connectivity index (χ4v) is 4.22. The number of nitrogens with zero attached hydrogens (tertiary/aromatic N) is 3. The molecule has 4 rings (SSSR count). The summed E-state index contributed by atoms with van der Waals surface area (Å²) in [6, 6.07) is 10.8. The Hall–Kier alpha value is -3.69. The van der Waals surface area contributed by atoms with Crippen molar-refractivity contribution in [3.63, 3.8) is 0 Å². The molecule has 0 radical (unpaired) electrons. The molecule has 1 aromatic heterocycles. The molecule has 0 aliphatic carbocycles. The van der Waals surface area contributed by atoms with Crippen LogP contribution in [0, 0.1) is 0 Å². The van der Waals surface area contributed by atoms with Crippen molar-refractivity contribution in [2.45, 2.75) is 26.4 Å². The zero-order valence-corrected chi connectivity index (χ0v) is 20.6. The van der Waals surface area contributed by atoms with Crippen molar-refractivity contribution >= 4 is 69.6 Å². The van der Waals surface area contributed by atoms with Crippen molar-refractivity contribution in [3.05, 3.63) is 63.8 Å². The lowest BCUT2D eigenvalue weighted by atomic mass is 10.2. The number of ether oxygens (including phenoxy) is 1. The molecule has 1 saturated heterocycles. The lowest BCUT2D eigenvalue weighted by Gasteiger charge is -2.30. The summed E-state index contributed by atoms with van der Waals surface area (Å²) in [7, 11) is 0. The highest BCUT2D eigenvalue weighted by Crippen LogP contribution is 2.33. The standard InChI is InChI=1S/C24H22Cl2N4O5/c1-24(2,3)35-23(34)29-12-13(21(31)30(29)16-6-4-15(27)5-7-16)11-28-19-9-14(25)8-18(26)17(19)10-20(28)22(32)33/h4-11H,12,27H2,1-3H3,(H,32,33)/b13-11-. The Morgan fingerprint density at radius 2 is 1.77 bits per heavy atom. The number of carboxylic acids is 1. The average molecular weight is 517 g/mol. The Morgan fingerprint density at radius 1 is 1.11 bits per heavy atom. The molecule has 0 spiro atoms. The molecular formula is C24H22Cl2N4O5. The molecule has 9 nitrogen and oxygen atoms in total. The fraction of sp³-hybridized carbons (Fsp3) is 0.208. The monoisotopic (exact) mass is 516 g/mol. The SMILES string of the molecule is CC(C)(C)OC(=O)N1C/C(=C/n2c(C(=O)O)cc3c(Cl)cc(Cl)cc32)C(=O)N1c1ccc(N)cc1. The van der Waals surface area contributed by atoms with Crippen LogP contribution in [-0.2, 0) is 9.53 Å². The van der Waals surface area contributed by atoms with Crippen molar-refractivity contribution in [1.82, 2.24) is 9.58 Å². The van der Waals surface area contributed by atoms with Crippen molar-refractivity contribution in [2.75, 3.05) is 17.3 Å². The van der Waals surface area contributed by atoms with E-state index in [-0.39, 0.29) is 22.8 Å². The van der Waals surface area contributed by atoms with Crippen molar-refractivity contribution in [2.24, 2.45) is 0 Å². The molecule has 2 heterocycles. The van der Waals surface area contributed by atoms with Gasteiger partial charge in [-0.05, 0) is 63.2 Å². The summed E-state index contributed by atoms with van der Waals surface area (Å²) in [4.78, 5) is 38.5. The molecule has 3 N–H and O–H groups in total. The van der Waals surface area contributed by atoms with Crippen LogP contribution in [0.5, 0.6) is 0 Å². The van der Waals surface area contributed by atoms with Gasteiger partial charge in [0.1, 0.15) is 11.3 Å². The number of hydrogen-bond donors (Lipinski definition) is 2. The highest BCUT2D eigenvalue weighted by molar-refractivity contribution is 6.38. The number of hydrazine groups is 1. The largest absolute Gasteiger partial charge is 0.477 e. The van der Waals surface area contributed by atoms with Gasteiger partial charge in [-0.15, -0.1) is 0 Å². The van der Waals surface area contributed by atoms with Gasteiger partial charge in [0.2, 0.25) is 0 Å². The Bertz CT molecular complexity index is 1390. The summed E-state index contributed by atoms with van der Waals surface area (Å²) in [6.07, 6.45) is 0.628. The number of fused-ring (bicyclic) bond motifs is 1. The molecule has 35 heavy (non-hydrogen) atoms. The first-order chi connectivity index (χ1) is 16.4. The van der Waals surface area contributed by atoms with Crippen LogP contribution in [0.25, 0.3) is 17.1 Å². The van der Waals surface area contributed by atoms with Gasteiger partial charge in [0, 0.05) is 22.3 Å². The zero-order valence-electron chi connectivity index (χ0n) is 19.1. The van der Waals surface area contributed by atoms with E-state index in [4.69, 9.17) is 33.7 Å². The minimum absolute atomic E-state index is 0.126. The van der Waals surface area contributed by atoms with E-state index >= 15 is 0 Å². The van der Waals surface area contributed by atoms with E-state index in [1.54, 1.807) is 51.1 Å². The zero-order chi connectivity index (χ0) is 25.7. The predicted octanol–water partition coefficient (Wildman–Crippen LogP) is 5.27. The number of aromatic carboxylic acids is 1. The Kier molecular flexibility index (Phi) is 6.16. The van der Waals surface area contributed by atoms with Gasteiger partial charge in [-0.1, -0.05) is 23.2 Å². The maximum atomic E-state index is 13.5. The molecule has 11 heteroatoms. The van der Waals surface area contributed by atoms with E-state index in [1.807, 2.05) is 0 Å². The summed E-state index contributed by atoms with van der Waals surface area (Å²) in [5, 5.41) is 13.1. The molecule has 0 atom stereocenters. The van der Waals surface area contributed by atoms with Crippen LogP contribution in [0.1, 0.15) is 31.3 Å². The number of hydrogen-bond acceptors (Lipinski definition) is 5. The number of nitrogens with two attached hydrogens (primary N) is 1. The number of carboxylic acid groups (broad SMARTS) is 1. The van der Waals surface area contributed by atoms with Crippen LogP contribution in [-0.4, -0.2) is 44.8 Å². The highest BCUT2D eigenvalue weighted by Gasteiger charge is 2.40. The molecule has 0 bridgehead atoms. The third-order valence-electron chi connectivity index (χ3n) is 5.15. The van der Waals surface area contributed by atoms with Gasteiger partial charge in [0.05, 0.1) is 28.3 Å². The van der Waals surface area contributed by atoms with Crippen LogP contribution in [0.3, 0.4) is 0 Å². The minimum atomic E-state index is -1.23. The summed E-state index contributed by atoms with van der Waals surface area (Å²) >= 11 is 12.4. The number of amides is 2. The summed E-state index contributed by atoms with van der Waals surface area (Å²) in [5.41, 5.74) is 6.26. The molecule has 2 amide bonds. The number of rotatable bonds is 3. The molecule has 0 unspecified atom stereocenters. The Morgan fingerprint density at radius 3 is 2.37 bits per heavy atom. The van der Waals surface area contributed by atoms with Gasteiger partial charge >= 0.3 is 12.1 Å². The van der Waals surface area contributed by atoms with Gasteiger partial charge in [-0.25, -0.2) is 19.6 Å². The molecule has 1 fully saturated rings. The third-order valence-corrected chi connectivity index (χ3v) is 5.68. The van der Waals surface area contributed by atoms with Gasteiger partial charge < -0.3 is 20.1 Å². The number of halogens is 2. The normalized spacial score (nSPS) is 15.3. The first kappa shape index (κ1) is 24.4.